The third kappa shape index (κ3) is 4.46. The topological polar surface area (TPSA) is 74.6 Å². The zero-order valence-electron chi connectivity index (χ0n) is 13.4. The molecule has 6 nitrogen and oxygen atoms in total. The molecule has 1 atom stereocenters. The van der Waals surface area contributed by atoms with Crippen LogP contribution < -0.4 is 10.6 Å². The molecule has 3 rings (SSSR count). The zero-order valence-corrected chi connectivity index (χ0v) is 14.2. The van der Waals surface area contributed by atoms with Gasteiger partial charge in [0.1, 0.15) is 0 Å². The van der Waals surface area contributed by atoms with E-state index in [0.717, 1.165) is 18.5 Å². The average Bonchev–Trinajstić information content (AvgIpc) is 3.24. The Morgan fingerprint density at radius 3 is 3.12 bits per heavy atom. The summed E-state index contributed by atoms with van der Waals surface area (Å²) in [5.41, 5.74) is 1.01. The molecule has 1 fully saturated rings. The van der Waals surface area contributed by atoms with E-state index in [9.17, 15) is 9.59 Å². The maximum Gasteiger partial charge on any atom is 0.237 e. The lowest BCUT2D eigenvalue weighted by atomic mass is 10.1. The molecule has 2 amide bonds. The van der Waals surface area contributed by atoms with Crippen LogP contribution >= 0.6 is 11.3 Å². The second-order valence-corrected chi connectivity index (χ2v) is 6.82. The minimum absolute atomic E-state index is 0.0850. The highest BCUT2D eigenvalue weighted by molar-refractivity contribution is 7.09. The highest BCUT2D eigenvalue weighted by atomic mass is 32.1. The summed E-state index contributed by atoms with van der Waals surface area (Å²) in [7, 11) is 0. The van der Waals surface area contributed by atoms with Crippen LogP contribution in [0.25, 0.3) is 0 Å². The van der Waals surface area contributed by atoms with E-state index in [-0.39, 0.29) is 18.2 Å². The molecule has 128 valence electrons. The van der Waals surface area contributed by atoms with Crippen molar-refractivity contribution in [2.75, 3.05) is 19.6 Å². The Morgan fingerprint density at radius 1 is 1.46 bits per heavy atom. The first-order chi connectivity index (χ1) is 11.7. The van der Waals surface area contributed by atoms with E-state index in [4.69, 9.17) is 4.42 Å². The van der Waals surface area contributed by atoms with Crippen LogP contribution in [0, 0.1) is 0 Å². The fraction of sp³-hybridized carbons (Fsp3) is 0.412. The van der Waals surface area contributed by atoms with Crippen LogP contribution in [0.4, 0.5) is 0 Å². The number of hydrogen-bond donors (Lipinski definition) is 2. The molecule has 2 N–H and O–H groups in total. The third-order valence-corrected chi connectivity index (χ3v) is 5.00. The van der Waals surface area contributed by atoms with E-state index in [2.05, 4.69) is 16.7 Å². The Hall–Kier alpha value is -2.12. The highest BCUT2D eigenvalue weighted by Crippen LogP contribution is 2.14. The van der Waals surface area contributed by atoms with Crippen molar-refractivity contribution in [2.24, 2.45) is 0 Å². The summed E-state index contributed by atoms with van der Waals surface area (Å²) >= 11 is 1.68. The number of nitrogens with zero attached hydrogens (tertiary/aromatic N) is 1. The van der Waals surface area contributed by atoms with Crippen LogP contribution in [0.2, 0.25) is 0 Å². The molecule has 0 radical (unpaired) electrons. The smallest absolute Gasteiger partial charge is 0.237 e. The molecule has 0 spiro atoms. The van der Waals surface area contributed by atoms with Gasteiger partial charge in [0.05, 0.1) is 25.0 Å². The lowest BCUT2D eigenvalue weighted by Gasteiger charge is -2.34. The maximum atomic E-state index is 12.2. The lowest BCUT2D eigenvalue weighted by molar-refractivity contribution is -0.134. The van der Waals surface area contributed by atoms with Gasteiger partial charge < -0.3 is 15.1 Å². The number of amides is 2. The molecule has 1 aliphatic rings. The predicted molar refractivity (Wildman–Crippen MR) is 91.6 cm³/mol. The van der Waals surface area contributed by atoms with Crippen molar-refractivity contribution in [3.8, 4) is 0 Å². The normalized spacial score (nSPS) is 18.3. The van der Waals surface area contributed by atoms with Crippen molar-refractivity contribution in [1.29, 1.82) is 0 Å². The molecule has 2 aromatic rings. The molecule has 24 heavy (non-hydrogen) atoms. The standard InChI is InChI=1S/C17H21N3O3S/c21-16(18-5-3-14-2-1-9-24-14)10-15-17(22)19-6-7-20(15)11-13-4-8-23-12-13/h1-2,4,8-9,12,15H,3,5-7,10-11H2,(H,18,21)(H,19,22). The van der Waals surface area contributed by atoms with E-state index < -0.39 is 6.04 Å². The number of nitrogens with one attached hydrogen (secondary N) is 2. The summed E-state index contributed by atoms with van der Waals surface area (Å²) in [6.07, 6.45) is 4.28. The van der Waals surface area contributed by atoms with Gasteiger partial charge in [-0.2, -0.15) is 0 Å². The van der Waals surface area contributed by atoms with Gasteiger partial charge in [-0.1, -0.05) is 6.07 Å². The Balaban J connectivity index is 1.51. The average molecular weight is 347 g/mol. The number of carbonyl (C=O) groups excluding carboxylic acids is 2. The second-order valence-electron chi connectivity index (χ2n) is 5.79. The van der Waals surface area contributed by atoms with Crippen LogP contribution in [0.3, 0.4) is 0 Å². The number of rotatable bonds is 7. The molecule has 1 unspecified atom stereocenters. The summed E-state index contributed by atoms with van der Waals surface area (Å²) in [6.45, 7) is 2.53. The van der Waals surface area contributed by atoms with Crippen LogP contribution in [-0.2, 0) is 22.6 Å². The van der Waals surface area contributed by atoms with Crippen LogP contribution in [0.1, 0.15) is 16.9 Å². The summed E-state index contributed by atoms with van der Waals surface area (Å²) in [5, 5.41) is 7.78. The largest absolute Gasteiger partial charge is 0.472 e. The summed E-state index contributed by atoms with van der Waals surface area (Å²) < 4.78 is 5.08. The molecule has 7 heteroatoms. The van der Waals surface area contributed by atoms with Crippen LogP contribution in [0.5, 0.6) is 0 Å². The molecule has 0 aromatic carbocycles. The Labute approximate surface area is 144 Å². The van der Waals surface area contributed by atoms with Crippen molar-refractivity contribution in [1.82, 2.24) is 15.5 Å². The third-order valence-electron chi connectivity index (χ3n) is 4.06. The van der Waals surface area contributed by atoms with Crippen molar-refractivity contribution in [3.63, 3.8) is 0 Å². The minimum Gasteiger partial charge on any atom is -0.472 e. The number of carbonyl (C=O) groups is 2. The molecule has 1 aliphatic heterocycles. The molecule has 2 aromatic heterocycles. The molecule has 0 aliphatic carbocycles. The predicted octanol–water partition coefficient (Wildman–Crippen LogP) is 1.39. The van der Waals surface area contributed by atoms with E-state index >= 15 is 0 Å². The second kappa shape index (κ2) is 8.12. The van der Waals surface area contributed by atoms with Gasteiger partial charge >= 0.3 is 0 Å². The van der Waals surface area contributed by atoms with Gasteiger partial charge in [0.25, 0.3) is 0 Å². The van der Waals surface area contributed by atoms with Crippen molar-refractivity contribution >= 4 is 23.2 Å². The number of piperazine rings is 1. The quantitative estimate of drug-likeness (QED) is 0.794. The first kappa shape index (κ1) is 16.7. The monoisotopic (exact) mass is 347 g/mol. The van der Waals surface area contributed by atoms with Gasteiger partial charge in [-0.3, -0.25) is 14.5 Å². The summed E-state index contributed by atoms with van der Waals surface area (Å²) in [5.74, 6) is -0.177. The van der Waals surface area contributed by atoms with Gasteiger partial charge in [0, 0.05) is 36.6 Å². The molecule has 0 bridgehead atoms. The fourth-order valence-corrected chi connectivity index (χ4v) is 3.53. The fourth-order valence-electron chi connectivity index (χ4n) is 2.82. The lowest BCUT2D eigenvalue weighted by Crippen LogP contribution is -2.56. The summed E-state index contributed by atoms with van der Waals surface area (Å²) in [4.78, 5) is 27.6. The number of hydrogen-bond acceptors (Lipinski definition) is 5. The van der Waals surface area contributed by atoms with Gasteiger partial charge in [-0.05, 0) is 23.9 Å². The van der Waals surface area contributed by atoms with E-state index in [1.165, 1.54) is 4.88 Å². The first-order valence-corrected chi connectivity index (χ1v) is 8.92. The Kier molecular flexibility index (Phi) is 5.66. The number of furan rings is 1. The van der Waals surface area contributed by atoms with Crippen LogP contribution in [0.15, 0.2) is 40.5 Å². The van der Waals surface area contributed by atoms with E-state index in [1.807, 2.05) is 22.4 Å². The maximum absolute atomic E-state index is 12.2. The highest BCUT2D eigenvalue weighted by Gasteiger charge is 2.31. The number of thiophene rings is 1. The zero-order chi connectivity index (χ0) is 16.8. The van der Waals surface area contributed by atoms with Crippen molar-refractivity contribution < 1.29 is 14.0 Å². The van der Waals surface area contributed by atoms with Gasteiger partial charge in [-0.15, -0.1) is 11.3 Å². The van der Waals surface area contributed by atoms with E-state index in [0.29, 0.717) is 19.6 Å². The minimum atomic E-state index is -0.435. The molecular formula is C17H21N3O3S. The van der Waals surface area contributed by atoms with Crippen molar-refractivity contribution in [3.05, 3.63) is 46.5 Å². The first-order valence-electron chi connectivity index (χ1n) is 8.04. The molecule has 3 heterocycles. The van der Waals surface area contributed by atoms with E-state index in [1.54, 1.807) is 23.9 Å². The SMILES string of the molecule is O=C(CC1C(=O)NCCN1Cc1ccoc1)NCCc1cccs1. The van der Waals surface area contributed by atoms with Crippen LogP contribution in [-0.4, -0.2) is 42.4 Å². The molecular weight excluding hydrogens is 326 g/mol. The molecule has 1 saturated heterocycles. The Morgan fingerprint density at radius 2 is 2.38 bits per heavy atom. The molecule has 0 saturated carbocycles. The van der Waals surface area contributed by atoms with Gasteiger partial charge in [-0.25, -0.2) is 0 Å². The van der Waals surface area contributed by atoms with Crippen molar-refractivity contribution in [2.45, 2.75) is 25.4 Å². The Bertz CT molecular complexity index is 655. The van der Waals surface area contributed by atoms with Gasteiger partial charge in [0.15, 0.2) is 0 Å². The van der Waals surface area contributed by atoms with Gasteiger partial charge in [0.2, 0.25) is 11.8 Å². The summed E-state index contributed by atoms with van der Waals surface area (Å²) in [6, 6.07) is 5.50.